The van der Waals surface area contributed by atoms with Crippen LogP contribution in [0.2, 0.25) is 0 Å². The number of anilines is 4. The van der Waals surface area contributed by atoms with Crippen molar-refractivity contribution in [2.24, 2.45) is 5.73 Å². The van der Waals surface area contributed by atoms with Gasteiger partial charge in [-0.05, 0) is 65.1 Å². The van der Waals surface area contributed by atoms with Crippen LogP contribution in [0, 0.1) is 0 Å². The first-order chi connectivity index (χ1) is 15.5. The number of aromatic nitrogens is 2. The average molecular weight is 424 g/mol. The van der Waals surface area contributed by atoms with Crippen molar-refractivity contribution in [2.75, 3.05) is 10.2 Å². The lowest BCUT2D eigenvalue weighted by molar-refractivity contribution is 0.256. The molecule has 4 rings (SSSR count). The van der Waals surface area contributed by atoms with Gasteiger partial charge in [0.05, 0.1) is 5.69 Å². The summed E-state index contributed by atoms with van der Waals surface area (Å²) in [5.74, 6) is 1.42. The molecule has 0 aliphatic heterocycles. The second-order valence-corrected chi connectivity index (χ2v) is 7.71. The summed E-state index contributed by atoms with van der Waals surface area (Å²) in [5, 5.41) is 3.30. The Morgan fingerprint density at radius 1 is 0.875 bits per heavy atom. The maximum atomic E-state index is 12.5. The molecule has 0 spiro atoms. The average Bonchev–Trinajstić information content (AvgIpc) is 2.80. The summed E-state index contributed by atoms with van der Waals surface area (Å²) in [6.45, 7) is 4.17. The molecule has 0 bridgehead atoms. The number of rotatable bonds is 6. The zero-order valence-corrected chi connectivity index (χ0v) is 18.1. The monoisotopic (exact) mass is 423 g/mol. The Labute approximate surface area is 187 Å². The van der Waals surface area contributed by atoms with Crippen molar-refractivity contribution in [2.45, 2.75) is 19.8 Å². The van der Waals surface area contributed by atoms with Gasteiger partial charge in [-0.15, -0.1) is 0 Å². The highest BCUT2D eigenvalue weighted by atomic mass is 16.2. The van der Waals surface area contributed by atoms with Crippen LogP contribution >= 0.6 is 0 Å². The predicted molar refractivity (Wildman–Crippen MR) is 129 cm³/mol. The van der Waals surface area contributed by atoms with E-state index < -0.39 is 6.03 Å². The normalized spacial score (nSPS) is 10.7. The first kappa shape index (κ1) is 21.1. The molecule has 0 aliphatic rings. The van der Waals surface area contributed by atoms with Gasteiger partial charge in [0.15, 0.2) is 0 Å². The molecule has 0 saturated heterocycles. The van der Waals surface area contributed by atoms with Gasteiger partial charge in [-0.2, -0.15) is 0 Å². The van der Waals surface area contributed by atoms with Crippen LogP contribution < -0.4 is 16.0 Å². The highest BCUT2D eigenvalue weighted by molar-refractivity contribution is 5.98. The molecule has 0 aliphatic carbocycles. The Bertz CT molecular complexity index is 1220. The van der Waals surface area contributed by atoms with Gasteiger partial charge in [-0.1, -0.05) is 50.2 Å². The van der Waals surface area contributed by atoms with Crippen LogP contribution in [-0.4, -0.2) is 16.0 Å². The Kier molecular flexibility index (Phi) is 6.12. The number of urea groups is 1. The molecule has 0 radical (unpaired) electrons. The van der Waals surface area contributed by atoms with E-state index in [1.54, 1.807) is 12.4 Å². The SMILES string of the molecule is CC(C)c1ccccc1N(C(N)=O)c1cc(-c2ccnc(Nc3ccccc3)c2)ccn1. The molecular formula is C26H25N5O. The topological polar surface area (TPSA) is 84.1 Å². The zero-order chi connectivity index (χ0) is 22.5. The molecule has 2 aromatic carbocycles. The summed E-state index contributed by atoms with van der Waals surface area (Å²) in [4.78, 5) is 22.8. The molecule has 32 heavy (non-hydrogen) atoms. The Morgan fingerprint density at radius 2 is 1.53 bits per heavy atom. The van der Waals surface area contributed by atoms with Crippen molar-refractivity contribution < 1.29 is 4.79 Å². The number of nitrogens with one attached hydrogen (secondary N) is 1. The van der Waals surface area contributed by atoms with Crippen molar-refractivity contribution in [3.8, 4) is 11.1 Å². The minimum Gasteiger partial charge on any atom is -0.351 e. The van der Waals surface area contributed by atoms with Crippen LogP contribution in [0.5, 0.6) is 0 Å². The van der Waals surface area contributed by atoms with Crippen molar-refractivity contribution in [3.63, 3.8) is 0 Å². The molecule has 160 valence electrons. The second kappa shape index (κ2) is 9.31. The van der Waals surface area contributed by atoms with E-state index in [-0.39, 0.29) is 5.92 Å². The van der Waals surface area contributed by atoms with E-state index in [2.05, 4.69) is 29.1 Å². The zero-order valence-electron chi connectivity index (χ0n) is 18.1. The molecule has 4 aromatic rings. The number of hydrogen-bond acceptors (Lipinski definition) is 4. The van der Waals surface area contributed by atoms with E-state index in [4.69, 9.17) is 5.73 Å². The Morgan fingerprint density at radius 3 is 2.25 bits per heavy atom. The first-order valence-corrected chi connectivity index (χ1v) is 10.5. The maximum absolute atomic E-state index is 12.5. The van der Waals surface area contributed by atoms with Gasteiger partial charge < -0.3 is 11.1 Å². The van der Waals surface area contributed by atoms with Gasteiger partial charge in [0, 0.05) is 18.1 Å². The Hall–Kier alpha value is -4.19. The first-order valence-electron chi connectivity index (χ1n) is 10.5. The second-order valence-electron chi connectivity index (χ2n) is 7.71. The van der Waals surface area contributed by atoms with Gasteiger partial charge in [0.1, 0.15) is 11.6 Å². The van der Waals surface area contributed by atoms with E-state index in [0.29, 0.717) is 5.82 Å². The lowest BCUT2D eigenvalue weighted by Crippen LogP contribution is -2.33. The molecule has 6 heteroatoms. The summed E-state index contributed by atoms with van der Waals surface area (Å²) in [6, 6.07) is 24.7. The number of para-hydroxylation sites is 2. The summed E-state index contributed by atoms with van der Waals surface area (Å²) in [5.41, 5.74) is 10.4. The quantitative estimate of drug-likeness (QED) is 0.385. The number of hydrogen-bond donors (Lipinski definition) is 2. The van der Waals surface area contributed by atoms with Gasteiger partial charge in [0.2, 0.25) is 0 Å². The molecule has 0 unspecified atom stereocenters. The highest BCUT2D eigenvalue weighted by Gasteiger charge is 2.21. The fourth-order valence-electron chi connectivity index (χ4n) is 3.60. The molecule has 2 amide bonds. The summed E-state index contributed by atoms with van der Waals surface area (Å²) >= 11 is 0. The number of amides is 2. The van der Waals surface area contributed by atoms with Crippen LogP contribution in [0.15, 0.2) is 91.3 Å². The third-order valence-electron chi connectivity index (χ3n) is 5.13. The molecule has 2 heterocycles. The lowest BCUT2D eigenvalue weighted by atomic mass is 10.0. The van der Waals surface area contributed by atoms with E-state index in [1.807, 2.05) is 78.9 Å². The fourth-order valence-corrected chi connectivity index (χ4v) is 3.60. The number of carbonyl (C=O) groups is 1. The molecular weight excluding hydrogens is 398 g/mol. The van der Waals surface area contributed by atoms with Crippen LogP contribution in [0.1, 0.15) is 25.3 Å². The minimum absolute atomic E-state index is 0.225. The van der Waals surface area contributed by atoms with E-state index >= 15 is 0 Å². The third kappa shape index (κ3) is 4.59. The number of nitrogens with zero attached hydrogens (tertiary/aromatic N) is 3. The largest absolute Gasteiger partial charge is 0.351 e. The van der Waals surface area contributed by atoms with Gasteiger partial charge in [-0.25, -0.2) is 19.7 Å². The molecule has 3 N–H and O–H groups in total. The standard InChI is InChI=1S/C26H25N5O/c1-18(2)22-10-6-7-11-23(22)31(26(27)32)25-17-20(13-15-29-25)19-12-14-28-24(16-19)30-21-8-4-3-5-9-21/h3-18H,1-2H3,(H2,27,32)(H,28,30). The lowest BCUT2D eigenvalue weighted by Gasteiger charge is -2.24. The molecule has 0 fully saturated rings. The van der Waals surface area contributed by atoms with Crippen molar-refractivity contribution in [3.05, 3.63) is 96.8 Å². The number of pyridine rings is 2. The third-order valence-corrected chi connectivity index (χ3v) is 5.13. The summed E-state index contributed by atoms with van der Waals surface area (Å²) in [7, 11) is 0. The summed E-state index contributed by atoms with van der Waals surface area (Å²) in [6.07, 6.45) is 3.43. The number of primary amides is 1. The van der Waals surface area contributed by atoms with Gasteiger partial charge in [0.25, 0.3) is 0 Å². The van der Waals surface area contributed by atoms with E-state index in [9.17, 15) is 4.79 Å². The van der Waals surface area contributed by atoms with Crippen LogP contribution in [0.25, 0.3) is 11.1 Å². The molecule has 6 nitrogen and oxygen atoms in total. The van der Waals surface area contributed by atoms with E-state index in [0.717, 1.165) is 33.9 Å². The number of nitrogens with two attached hydrogens (primary N) is 1. The molecule has 2 aromatic heterocycles. The maximum Gasteiger partial charge on any atom is 0.325 e. The molecule has 0 atom stereocenters. The van der Waals surface area contributed by atoms with Crippen molar-refractivity contribution in [1.82, 2.24) is 9.97 Å². The van der Waals surface area contributed by atoms with E-state index in [1.165, 1.54) is 4.90 Å². The Balaban J connectivity index is 1.70. The summed E-state index contributed by atoms with van der Waals surface area (Å²) < 4.78 is 0. The smallest absolute Gasteiger partial charge is 0.325 e. The van der Waals surface area contributed by atoms with Crippen molar-refractivity contribution >= 4 is 29.0 Å². The van der Waals surface area contributed by atoms with Gasteiger partial charge in [-0.3, -0.25) is 0 Å². The fraction of sp³-hybridized carbons (Fsp3) is 0.115. The number of benzene rings is 2. The van der Waals surface area contributed by atoms with Crippen LogP contribution in [-0.2, 0) is 0 Å². The van der Waals surface area contributed by atoms with Crippen LogP contribution in [0.4, 0.5) is 27.8 Å². The minimum atomic E-state index is -0.580. The number of carbonyl (C=O) groups excluding carboxylic acids is 1. The van der Waals surface area contributed by atoms with Gasteiger partial charge >= 0.3 is 6.03 Å². The molecule has 0 saturated carbocycles. The van der Waals surface area contributed by atoms with Crippen molar-refractivity contribution in [1.29, 1.82) is 0 Å². The predicted octanol–water partition coefficient (Wildman–Crippen LogP) is 6.23. The highest BCUT2D eigenvalue weighted by Crippen LogP contribution is 2.33. The van der Waals surface area contributed by atoms with Crippen LogP contribution in [0.3, 0.4) is 0 Å².